The Labute approximate surface area is 137 Å². The van der Waals surface area contributed by atoms with Crippen molar-refractivity contribution in [1.29, 1.82) is 0 Å². The van der Waals surface area contributed by atoms with Gasteiger partial charge in [0, 0.05) is 38.7 Å². The first-order valence-electron chi connectivity index (χ1n) is 7.26. The molecule has 1 aromatic rings. The summed E-state index contributed by atoms with van der Waals surface area (Å²) in [5.41, 5.74) is 0.424. The maximum Gasteiger partial charge on any atom is 0.177 e. The average Bonchev–Trinajstić information content (AvgIpc) is 2.46. The minimum Gasteiger partial charge on any atom is -0.383 e. The van der Waals surface area contributed by atoms with Crippen molar-refractivity contribution in [3.63, 3.8) is 0 Å². The van der Waals surface area contributed by atoms with Gasteiger partial charge < -0.3 is 10.1 Å². The molecule has 23 heavy (non-hydrogen) atoms. The Balaban J connectivity index is 2.14. The SMILES string of the molecule is CS(=O)(=O)c1ccc(NCCN2CCOCC2)c(S(C)(=O)=O)c1. The minimum atomic E-state index is -3.53. The molecule has 0 bridgehead atoms. The van der Waals surface area contributed by atoms with E-state index in [-0.39, 0.29) is 9.79 Å². The van der Waals surface area contributed by atoms with E-state index >= 15 is 0 Å². The number of rotatable bonds is 6. The molecule has 1 aromatic carbocycles. The van der Waals surface area contributed by atoms with Crippen molar-refractivity contribution in [2.24, 2.45) is 0 Å². The highest BCUT2D eigenvalue weighted by molar-refractivity contribution is 7.91. The van der Waals surface area contributed by atoms with Crippen LogP contribution in [0.25, 0.3) is 0 Å². The van der Waals surface area contributed by atoms with Crippen LogP contribution in [0.2, 0.25) is 0 Å². The summed E-state index contributed by atoms with van der Waals surface area (Å²) in [6.07, 6.45) is 2.13. The van der Waals surface area contributed by atoms with Crippen molar-refractivity contribution < 1.29 is 21.6 Å². The van der Waals surface area contributed by atoms with Crippen molar-refractivity contribution in [1.82, 2.24) is 4.90 Å². The maximum absolute atomic E-state index is 11.9. The van der Waals surface area contributed by atoms with Crippen LogP contribution in [-0.4, -0.2) is 73.6 Å². The number of morpholine rings is 1. The summed E-state index contributed by atoms with van der Waals surface area (Å²) >= 11 is 0. The molecule has 0 aromatic heterocycles. The zero-order chi connectivity index (χ0) is 17.1. The molecule has 0 aliphatic carbocycles. The number of nitrogens with zero attached hydrogens (tertiary/aromatic N) is 1. The van der Waals surface area contributed by atoms with Gasteiger partial charge in [-0.3, -0.25) is 4.90 Å². The summed E-state index contributed by atoms with van der Waals surface area (Å²) in [6, 6.07) is 4.13. The Morgan fingerprint density at radius 3 is 2.30 bits per heavy atom. The lowest BCUT2D eigenvalue weighted by Gasteiger charge is -2.26. The van der Waals surface area contributed by atoms with Gasteiger partial charge in [-0.05, 0) is 18.2 Å². The van der Waals surface area contributed by atoms with E-state index in [0.717, 1.165) is 32.1 Å². The molecule has 0 amide bonds. The topological polar surface area (TPSA) is 92.8 Å². The fourth-order valence-corrected chi connectivity index (χ4v) is 3.96. The Kier molecular flexibility index (Phi) is 5.66. The maximum atomic E-state index is 11.9. The normalized spacial score (nSPS) is 17.1. The van der Waals surface area contributed by atoms with Crippen LogP contribution in [0.15, 0.2) is 28.0 Å². The second kappa shape index (κ2) is 7.16. The highest BCUT2D eigenvalue weighted by Gasteiger charge is 2.18. The lowest BCUT2D eigenvalue weighted by Crippen LogP contribution is -2.39. The molecule has 9 heteroatoms. The number of anilines is 1. The van der Waals surface area contributed by atoms with E-state index in [1.165, 1.54) is 18.2 Å². The van der Waals surface area contributed by atoms with Crippen molar-refractivity contribution in [2.45, 2.75) is 9.79 Å². The lowest BCUT2D eigenvalue weighted by molar-refractivity contribution is 0.0398. The second-order valence-electron chi connectivity index (χ2n) is 5.58. The molecule has 0 radical (unpaired) electrons. The standard InChI is InChI=1S/C14H22N2O5S2/c1-22(17,18)12-3-4-13(14(11-12)23(2,19)20)15-5-6-16-7-9-21-10-8-16/h3-4,11,15H,5-10H2,1-2H3. The van der Waals surface area contributed by atoms with E-state index in [1.54, 1.807) is 0 Å². The Morgan fingerprint density at radius 1 is 1.09 bits per heavy atom. The van der Waals surface area contributed by atoms with Gasteiger partial charge >= 0.3 is 0 Å². The fourth-order valence-electron chi connectivity index (χ4n) is 2.36. The van der Waals surface area contributed by atoms with Crippen LogP contribution < -0.4 is 5.32 Å². The van der Waals surface area contributed by atoms with Crippen LogP contribution in [0.3, 0.4) is 0 Å². The second-order valence-corrected chi connectivity index (χ2v) is 9.58. The zero-order valence-corrected chi connectivity index (χ0v) is 14.9. The largest absolute Gasteiger partial charge is 0.383 e. The van der Waals surface area contributed by atoms with Crippen molar-refractivity contribution in [3.8, 4) is 0 Å². The number of benzene rings is 1. The van der Waals surface area contributed by atoms with Crippen molar-refractivity contribution >= 4 is 25.4 Å². The van der Waals surface area contributed by atoms with Crippen LogP contribution in [0.5, 0.6) is 0 Å². The van der Waals surface area contributed by atoms with Gasteiger partial charge in [0.25, 0.3) is 0 Å². The van der Waals surface area contributed by atoms with Gasteiger partial charge in [0.2, 0.25) is 0 Å². The molecule has 7 nitrogen and oxygen atoms in total. The Morgan fingerprint density at radius 2 is 1.74 bits per heavy atom. The molecule has 1 N–H and O–H groups in total. The molecule has 2 rings (SSSR count). The zero-order valence-electron chi connectivity index (χ0n) is 13.3. The van der Waals surface area contributed by atoms with Gasteiger partial charge in [-0.2, -0.15) is 0 Å². The number of hydrogen-bond donors (Lipinski definition) is 1. The molecule has 1 aliphatic heterocycles. The van der Waals surface area contributed by atoms with Crippen molar-refractivity contribution in [2.75, 3.05) is 57.2 Å². The smallest absolute Gasteiger partial charge is 0.177 e. The first-order valence-corrected chi connectivity index (χ1v) is 11.0. The summed E-state index contributed by atoms with van der Waals surface area (Å²) < 4.78 is 52.4. The molecule has 0 saturated carbocycles. The van der Waals surface area contributed by atoms with Crippen LogP contribution in [0, 0.1) is 0 Å². The molecule has 1 heterocycles. The number of sulfone groups is 2. The van der Waals surface area contributed by atoms with Gasteiger partial charge in [-0.25, -0.2) is 16.8 Å². The first-order chi connectivity index (χ1) is 10.7. The molecule has 0 unspecified atom stereocenters. The van der Waals surface area contributed by atoms with Crippen LogP contribution in [0.4, 0.5) is 5.69 Å². The predicted molar refractivity (Wildman–Crippen MR) is 88.4 cm³/mol. The van der Waals surface area contributed by atoms with Crippen LogP contribution in [-0.2, 0) is 24.4 Å². The highest BCUT2D eigenvalue weighted by Crippen LogP contribution is 2.25. The third-order valence-electron chi connectivity index (χ3n) is 3.63. The van der Waals surface area contributed by atoms with Crippen LogP contribution in [0.1, 0.15) is 0 Å². The fraction of sp³-hybridized carbons (Fsp3) is 0.571. The quantitative estimate of drug-likeness (QED) is 0.775. The van der Waals surface area contributed by atoms with Gasteiger partial charge in [0.1, 0.15) is 0 Å². The van der Waals surface area contributed by atoms with Crippen molar-refractivity contribution in [3.05, 3.63) is 18.2 Å². The number of ether oxygens (including phenoxy) is 1. The van der Waals surface area contributed by atoms with E-state index in [0.29, 0.717) is 25.4 Å². The third kappa shape index (κ3) is 5.17. The molecule has 1 aliphatic rings. The summed E-state index contributed by atoms with van der Waals surface area (Å²) in [5, 5.41) is 3.09. The summed E-state index contributed by atoms with van der Waals surface area (Å²) in [4.78, 5) is 2.22. The van der Waals surface area contributed by atoms with Crippen LogP contribution >= 0.6 is 0 Å². The Bertz CT molecular complexity index is 753. The van der Waals surface area contributed by atoms with E-state index < -0.39 is 19.7 Å². The average molecular weight is 362 g/mol. The highest BCUT2D eigenvalue weighted by atomic mass is 32.2. The van der Waals surface area contributed by atoms with Gasteiger partial charge in [-0.1, -0.05) is 0 Å². The lowest BCUT2D eigenvalue weighted by atomic mass is 10.3. The van der Waals surface area contributed by atoms with Gasteiger partial charge in [0.05, 0.1) is 28.7 Å². The Hall–Kier alpha value is -1.16. The molecule has 1 saturated heterocycles. The van der Waals surface area contributed by atoms with E-state index in [4.69, 9.17) is 4.74 Å². The van der Waals surface area contributed by atoms with E-state index in [2.05, 4.69) is 10.2 Å². The summed E-state index contributed by atoms with van der Waals surface area (Å²) in [6.45, 7) is 4.46. The van der Waals surface area contributed by atoms with Gasteiger partial charge in [-0.15, -0.1) is 0 Å². The molecular weight excluding hydrogens is 340 g/mol. The summed E-state index contributed by atoms with van der Waals surface area (Å²) in [5.74, 6) is 0. The monoisotopic (exact) mass is 362 g/mol. The minimum absolute atomic E-state index is 0.00222. The molecule has 0 spiro atoms. The number of nitrogens with one attached hydrogen (secondary N) is 1. The van der Waals surface area contributed by atoms with E-state index in [9.17, 15) is 16.8 Å². The molecule has 130 valence electrons. The predicted octanol–water partition coefficient (Wildman–Crippen LogP) is 0.238. The molecule has 1 fully saturated rings. The first kappa shape index (κ1) is 18.2. The third-order valence-corrected chi connectivity index (χ3v) is 5.87. The molecular formula is C14H22N2O5S2. The van der Waals surface area contributed by atoms with E-state index in [1.807, 2.05) is 0 Å². The number of hydrogen-bond acceptors (Lipinski definition) is 7. The van der Waals surface area contributed by atoms with Gasteiger partial charge in [0.15, 0.2) is 19.7 Å². The summed E-state index contributed by atoms with van der Waals surface area (Å²) in [7, 11) is -6.99. The molecule has 0 atom stereocenters.